The molecule has 0 spiro atoms. The van der Waals surface area contributed by atoms with Gasteiger partial charge in [-0.1, -0.05) is 42.5 Å². The van der Waals surface area contributed by atoms with Gasteiger partial charge in [0.05, 0.1) is 5.69 Å². The Labute approximate surface area is 139 Å². The molecule has 3 aromatic rings. The molecular weight excluding hydrogens is 304 g/mol. The van der Waals surface area contributed by atoms with Crippen molar-refractivity contribution in [3.8, 4) is 0 Å². The number of hydrogen-bond acceptors (Lipinski definition) is 5. The van der Waals surface area contributed by atoms with Crippen molar-refractivity contribution in [2.75, 3.05) is 5.73 Å². The molecule has 124 valence electrons. The van der Waals surface area contributed by atoms with Crippen LogP contribution in [0.3, 0.4) is 0 Å². The second-order valence-corrected chi connectivity index (χ2v) is 5.86. The molecule has 1 atom stereocenters. The van der Waals surface area contributed by atoms with Crippen LogP contribution in [0.4, 0.5) is 5.82 Å². The van der Waals surface area contributed by atoms with E-state index in [9.17, 15) is 4.79 Å². The first-order valence-electron chi connectivity index (χ1n) is 7.90. The van der Waals surface area contributed by atoms with Gasteiger partial charge in [-0.2, -0.15) is 0 Å². The van der Waals surface area contributed by atoms with Crippen molar-refractivity contribution in [2.45, 2.75) is 32.2 Å². The molecule has 3 rings (SSSR count). The third-order valence-corrected chi connectivity index (χ3v) is 3.86. The Kier molecular flexibility index (Phi) is 4.69. The lowest BCUT2D eigenvalue weighted by atomic mass is 9.97. The van der Waals surface area contributed by atoms with Crippen molar-refractivity contribution in [2.24, 2.45) is 0 Å². The smallest absolute Gasteiger partial charge is 0.252 e. The molecule has 1 unspecified atom stereocenters. The van der Waals surface area contributed by atoms with E-state index in [0.29, 0.717) is 24.7 Å². The van der Waals surface area contributed by atoms with Crippen LogP contribution in [0, 0.1) is 0 Å². The summed E-state index contributed by atoms with van der Waals surface area (Å²) in [6.07, 6.45) is 3.30. The van der Waals surface area contributed by atoms with Gasteiger partial charge in [0.25, 0.3) is 5.56 Å². The van der Waals surface area contributed by atoms with E-state index in [1.54, 1.807) is 4.68 Å². The van der Waals surface area contributed by atoms with Gasteiger partial charge in [-0.25, -0.2) is 4.98 Å². The average Bonchev–Trinajstić information content (AvgIpc) is 3.00. The summed E-state index contributed by atoms with van der Waals surface area (Å²) in [7, 11) is 0. The van der Waals surface area contributed by atoms with Gasteiger partial charge in [-0.05, 0) is 17.9 Å². The maximum absolute atomic E-state index is 11.4. The summed E-state index contributed by atoms with van der Waals surface area (Å²) >= 11 is 0. The normalized spacial score (nSPS) is 12.2. The molecule has 7 heteroatoms. The Morgan fingerprint density at radius 3 is 2.83 bits per heavy atom. The molecule has 0 aliphatic carbocycles. The molecule has 2 aromatic heterocycles. The zero-order valence-electron chi connectivity index (χ0n) is 13.5. The van der Waals surface area contributed by atoms with Crippen molar-refractivity contribution in [1.82, 2.24) is 25.0 Å². The number of aromatic nitrogens is 5. The second-order valence-electron chi connectivity index (χ2n) is 5.86. The zero-order chi connectivity index (χ0) is 16.9. The molecule has 0 radical (unpaired) electrons. The van der Waals surface area contributed by atoms with Crippen molar-refractivity contribution in [1.29, 1.82) is 0 Å². The van der Waals surface area contributed by atoms with Crippen molar-refractivity contribution in [3.63, 3.8) is 0 Å². The minimum atomic E-state index is -0.242. The van der Waals surface area contributed by atoms with Crippen LogP contribution >= 0.6 is 0 Å². The molecule has 0 saturated heterocycles. The fourth-order valence-corrected chi connectivity index (χ4v) is 2.62. The van der Waals surface area contributed by atoms with Gasteiger partial charge in [0.15, 0.2) is 0 Å². The molecule has 3 N–H and O–H groups in total. The van der Waals surface area contributed by atoms with E-state index in [4.69, 9.17) is 5.73 Å². The topological polar surface area (TPSA) is 102 Å². The highest BCUT2D eigenvalue weighted by molar-refractivity contribution is 5.25. The first kappa shape index (κ1) is 15.9. The van der Waals surface area contributed by atoms with E-state index in [0.717, 1.165) is 12.1 Å². The fourth-order valence-electron chi connectivity index (χ4n) is 2.62. The molecule has 0 amide bonds. The minimum Gasteiger partial charge on any atom is -0.383 e. The molecule has 0 aliphatic rings. The molecule has 24 heavy (non-hydrogen) atoms. The van der Waals surface area contributed by atoms with Crippen molar-refractivity contribution >= 4 is 5.82 Å². The summed E-state index contributed by atoms with van der Waals surface area (Å²) in [5, 5.41) is 8.36. The highest BCUT2D eigenvalue weighted by Crippen LogP contribution is 2.18. The molecule has 0 fully saturated rings. The number of nitrogen functional groups attached to an aromatic ring is 1. The fraction of sp³-hybridized carbons (Fsp3) is 0.294. The standard InChI is InChI=1S/C17H20N6O/c1-12(13-5-3-2-4-6-13)9-14-11-23(22-21-14)8-7-16-19-15(18)10-17(24)20-16/h2-6,10-12H,7-9H2,1H3,(H3,18,19,20,24). The highest BCUT2D eigenvalue weighted by Gasteiger charge is 2.09. The van der Waals surface area contributed by atoms with Crippen LogP contribution in [0.1, 0.15) is 29.9 Å². The third-order valence-electron chi connectivity index (χ3n) is 3.86. The number of nitrogens with one attached hydrogen (secondary N) is 1. The number of aromatic amines is 1. The number of H-pyrrole nitrogens is 1. The Bertz CT molecular complexity index is 855. The Hall–Kier alpha value is -2.96. The lowest BCUT2D eigenvalue weighted by Crippen LogP contribution is -2.14. The number of nitrogens with two attached hydrogens (primary N) is 1. The number of aryl methyl sites for hydroxylation is 2. The quantitative estimate of drug-likeness (QED) is 0.716. The maximum atomic E-state index is 11.4. The highest BCUT2D eigenvalue weighted by atomic mass is 16.1. The van der Waals surface area contributed by atoms with Gasteiger partial charge in [0.2, 0.25) is 0 Å². The van der Waals surface area contributed by atoms with Crippen LogP contribution in [-0.2, 0) is 19.4 Å². The van der Waals surface area contributed by atoms with Crippen LogP contribution in [0.2, 0.25) is 0 Å². The largest absolute Gasteiger partial charge is 0.383 e. The maximum Gasteiger partial charge on any atom is 0.252 e. The molecule has 0 aliphatic heterocycles. The summed E-state index contributed by atoms with van der Waals surface area (Å²) < 4.78 is 1.76. The van der Waals surface area contributed by atoms with Crippen LogP contribution < -0.4 is 11.3 Å². The zero-order valence-corrected chi connectivity index (χ0v) is 13.5. The Balaban J connectivity index is 1.60. The second kappa shape index (κ2) is 7.08. The number of rotatable bonds is 6. The van der Waals surface area contributed by atoms with Crippen LogP contribution in [0.5, 0.6) is 0 Å². The van der Waals surface area contributed by atoms with E-state index in [2.05, 4.69) is 39.3 Å². The molecule has 7 nitrogen and oxygen atoms in total. The third kappa shape index (κ3) is 4.07. The predicted octanol–water partition coefficient (Wildman–Crippen LogP) is 1.53. The molecule has 0 saturated carbocycles. The number of anilines is 1. The number of hydrogen-bond donors (Lipinski definition) is 2. The first-order chi connectivity index (χ1) is 11.6. The molecule has 1 aromatic carbocycles. The lowest BCUT2D eigenvalue weighted by Gasteiger charge is -2.09. The summed E-state index contributed by atoms with van der Waals surface area (Å²) in [6.45, 7) is 2.76. The Morgan fingerprint density at radius 1 is 1.29 bits per heavy atom. The number of nitrogens with zero attached hydrogens (tertiary/aromatic N) is 4. The monoisotopic (exact) mass is 324 g/mol. The van der Waals surface area contributed by atoms with Gasteiger partial charge in [0.1, 0.15) is 11.6 Å². The van der Waals surface area contributed by atoms with Crippen LogP contribution in [0.25, 0.3) is 0 Å². The SMILES string of the molecule is CC(Cc1cn(CCc2nc(N)cc(=O)[nH]2)nn1)c1ccccc1. The first-order valence-corrected chi connectivity index (χ1v) is 7.90. The summed E-state index contributed by atoms with van der Waals surface area (Å²) in [5.41, 5.74) is 7.57. The minimum absolute atomic E-state index is 0.227. The summed E-state index contributed by atoms with van der Waals surface area (Å²) in [5.74, 6) is 1.16. The van der Waals surface area contributed by atoms with Gasteiger partial charge in [-0.15, -0.1) is 5.10 Å². The Morgan fingerprint density at radius 2 is 2.08 bits per heavy atom. The predicted molar refractivity (Wildman–Crippen MR) is 91.6 cm³/mol. The van der Waals surface area contributed by atoms with Crippen molar-refractivity contribution in [3.05, 3.63) is 70.0 Å². The lowest BCUT2D eigenvalue weighted by molar-refractivity contribution is 0.576. The van der Waals surface area contributed by atoms with E-state index in [1.165, 1.54) is 11.6 Å². The average molecular weight is 324 g/mol. The van der Waals surface area contributed by atoms with Gasteiger partial charge >= 0.3 is 0 Å². The number of benzene rings is 1. The molecular formula is C17H20N6O. The molecule has 2 heterocycles. The van der Waals surface area contributed by atoms with Gasteiger partial charge < -0.3 is 10.7 Å². The van der Waals surface area contributed by atoms with E-state index in [-0.39, 0.29) is 11.4 Å². The van der Waals surface area contributed by atoms with E-state index in [1.807, 2.05) is 24.4 Å². The van der Waals surface area contributed by atoms with Crippen LogP contribution in [-0.4, -0.2) is 25.0 Å². The van der Waals surface area contributed by atoms with Gasteiger partial charge in [-0.3, -0.25) is 9.48 Å². The summed E-state index contributed by atoms with van der Waals surface area (Å²) in [6, 6.07) is 11.6. The van der Waals surface area contributed by atoms with Crippen molar-refractivity contribution < 1.29 is 0 Å². The van der Waals surface area contributed by atoms with Crippen LogP contribution in [0.15, 0.2) is 47.4 Å². The van der Waals surface area contributed by atoms with E-state index < -0.39 is 0 Å². The van der Waals surface area contributed by atoms with E-state index >= 15 is 0 Å². The molecule has 0 bridgehead atoms. The summed E-state index contributed by atoms with van der Waals surface area (Å²) in [4.78, 5) is 18.1. The van der Waals surface area contributed by atoms with Gasteiger partial charge in [0, 0.05) is 25.2 Å².